The Balaban J connectivity index is 1.91. The first kappa shape index (κ1) is 11.5. The molecule has 0 aliphatic carbocycles. The maximum atomic E-state index is 11.2. The first-order chi connectivity index (χ1) is 8.63. The van der Waals surface area contributed by atoms with E-state index >= 15 is 0 Å². The molecule has 0 spiro atoms. The molecule has 1 aromatic carbocycles. The predicted octanol–water partition coefficient (Wildman–Crippen LogP) is 1.28. The van der Waals surface area contributed by atoms with Gasteiger partial charge in [0.25, 0.3) is 0 Å². The second-order valence-corrected chi connectivity index (χ2v) is 5.05. The lowest BCUT2D eigenvalue weighted by Crippen LogP contribution is -2.21. The molecule has 5 heteroatoms. The summed E-state index contributed by atoms with van der Waals surface area (Å²) in [5.41, 5.74) is 8.75. The maximum absolute atomic E-state index is 11.2. The summed E-state index contributed by atoms with van der Waals surface area (Å²) >= 11 is 0. The average Bonchev–Trinajstić information content (AvgIpc) is 2.92. The van der Waals surface area contributed by atoms with E-state index in [9.17, 15) is 4.79 Å². The van der Waals surface area contributed by atoms with E-state index in [0.717, 1.165) is 23.0 Å². The lowest BCUT2D eigenvalue weighted by molar-refractivity contribution is 0.118. The molecule has 3 unspecified atom stereocenters. The molecule has 2 aromatic rings. The van der Waals surface area contributed by atoms with Crippen molar-refractivity contribution in [2.45, 2.75) is 25.5 Å². The van der Waals surface area contributed by atoms with Crippen molar-refractivity contribution in [1.82, 2.24) is 9.97 Å². The van der Waals surface area contributed by atoms with Crippen LogP contribution in [0.4, 0.5) is 0 Å². The van der Waals surface area contributed by atoms with Crippen molar-refractivity contribution in [2.24, 2.45) is 11.7 Å². The molecular weight excluding hydrogens is 230 g/mol. The van der Waals surface area contributed by atoms with Gasteiger partial charge in [-0.15, -0.1) is 0 Å². The lowest BCUT2D eigenvalue weighted by Gasteiger charge is -2.18. The van der Waals surface area contributed by atoms with Crippen LogP contribution in [-0.2, 0) is 4.74 Å². The van der Waals surface area contributed by atoms with Gasteiger partial charge in [0.15, 0.2) is 0 Å². The van der Waals surface area contributed by atoms with Crippen LogP contribution in [0.25, 0.3) is 11.0 Å². The molecule has 1 fully saturated rings. The lowest BCUT2D eigenvalue weighted by atomic mass is 9.92. The standard InChI is InChI=1S/C13H17N3O2/c1-7-4-9(6-18-7)12(14)8-2-3-10-11(5-8)16-13(17)15-10/h2-3,5,7,9,12H,4,6,14H2,1H3,(H2,15,16,17). The van der Waals surface area contributed by atoms with E-state index < -0.39 is 0 Å². The summed E-state index contributed by atoms with van der Waals surface area (Å²) in [6.45, 7) is 2.78. The second-order valence-electron chi connectivity index (χ2n) is 5.05. The summed E-state index contributed by atoms with van der Waals surface area (Å²) in [7, 11) is 0. The Bertz CT molecular complexity index is 616. The summed E-state index contributed by atoms with van der Waals surface area (Å²) in [6, 6.07) is 5.76. The number of nitrogens with two attached hydrogens (primary N) is 1. The number of ether oxygens (including phenoxy) is 1. The van der Waals surface area contributed by atoms with Gasteiger partial charge in [0.05, 0.1) is 23.7 Å². The topological polar surface area (TPSA) is 83.9 Å². The van der Waals surface area contributed by atoms with Crippen LogP contribution in [0, 0.1) is 5.92 Å². The minimum atomic E-state index is -0.187. The summed E-state index contributed by atoms with van der Waals surface area (Å²) in [5.74, 6) is 0.350. The van der Waals surface area contributed by atoms with Gasteiger partial charge in [-0.25, -0.2) is 4.79 Å². The predicted molar refractivity (Wildman–Crippen MR) is 69.4 cm³/mol. The summed E-state index contributed by atoms with van der Waals surface area (Å²) in [6.07, 6.45) is 1.28. The SMILES string of the molecule is CC1CC(C(N)c2ccc3[nH]c(=O)[nH]c3c2)CO1. The third-order valence-electron chi connectivity index (χ3n) is 3.66. The number of rotatable bonds is 2. The van der Waals surface area contributed by atoms with Gasteiger partial charge in [-0.1, -0.05) is 6.07 Å². The van der Waals surface area contributed by atoms with Crippen molar-refractivity contribution >= 4 is 11.0 Å². The summed E-state index contributed by atoms with van der Waals surface area (Å²) < 4.78 is 5.56. The van der Waals surface area contributed by atoms with E-state index in [2.05, 4.69) is 16.9 Å². The largest absolute Gasteiger partial charge is 0.378 e. The molecule has 18 heavy (non-hydrogen) atoms. The van der Waals surface area contributed by atoms with Gasteiger partial charge in [-0.05, 0) is 31.0 Å². The third-order valence-corrected chi connectivity index (χ3v) is 3.66. The summed E-state index contributed by atoms with van der Waals surface area (Å²) in [4.78, 5) is 16.7. The van der Waals surface area contributed by atoms with Gasteiger partial charge < -0.3 is 20.4 Å². The molecule has 0 amide bonds. The molecule has 0 radical (unpaired) electrons. The van der Waals surface area contributed by atoms with Crippen molar-refractivity contribution in [2.75, 3.05) is 6.61 Å². The molecule has 1 aliphatic rings. The van der Waals surface area contributed by atoms with Crippen LogP contribution < -0.4 is 11.4 Å². The molecular formula is C13H17N3O2. The minimum Gasteiger partial charge on any atom is -0.378 e. The number of imidazole rings is 1. The molecule has 5 nitrogen and oxygen atoms in total. The number of hydrogen-bond donors (Lipinski definition) is 3. The average molecular weight is 247 g/mol. The van der Waals surface area contributed by atoms with E-state index in [0.29, 0.717) is 12.5 Å². The molecule has 0 saturated carbocycles. The van der Waals surface area contributed by atoms with Gasteiger partial charge in [-0.2, -0.15) is 0 Å². The van der Waals surface area contributed by atoms with E-state index in [4.69, 9.17) is 10.5 Å². The van der Waals surface area contributed by atoms with Gasteiger partial charge >= 0.3 is 5.69 Å². The highest BCUT2D eigenvalue weighted by Crippen LogP contribution is 2.30. The van der Waals surface area contributed by atoms with Crippen molar-refractivity contribution in [3.8, 4) is 0 Å². The molecule has 0 bridgehead atoms. The van der Waals surface area contributed by atoms with Crippen LogP contribution >= 0.6 is 0 Å². The smallest absolute Gasteiger partial charge is 0.323 e. The van der Waals surface area contributed by atoms with Crippen LogP contribution in [0.5, 0.6) is 0 Å². The van der Waals surface area contributed by atoms with Crippen LogP contribution in [0.2, 0.25) is 0 Å². The van der Waals surface area contributed by atoms with E-state index in [1.54, 1.807) is 0 Å². The van der Waals surface area contributed by atoms with Crippen molar-refractivity contribution in [3.63, 3.8) is 0 Å². The Morgan fingerprint density at radius 3 is 2.89 bits per heavy atom. The van der Waals surface area contributed by atoms with Crippen LogP contribution in [0.3, 0.4) is 0 Å². The first-order valence-corrected chi connectivity index (χ1v) is 6.22. The van der Waals surface area contributed by atoms with Crippen molar-refractivity contribution in [1.29, 1.82) is 0 Å². The zero-order valence-corrected chi connectivity index (χ0v) is 10.3. The zero-order chi connectivity index (χ0) is 12.7. The Hall–Kier alpha value is -1.59. The molecule has 3 rings (SSSR count). The summed E-state index contributed by atoms with van der Waals surface area (Å²) in [5, 5.41) is 0. The monoisotopic (exact) mass is 247 g/mol. The van der Waals surface area contributed by atoms with Gasteiger partial charge in [-0.3, -0.25) is 0 Å². The fourth-order valence-corrected chi connectivity index (χ4v) is 2.63. The van der Waals surface area contributed by atoms with Crippen LogP contribution in [0.1, 0.15) is 24.9 Å². The van der Waals surface area contributed by atoms with Crippen LogP contribution in [-0.4, -0.2) is 22.7 Å². The molecule has 1 aromatic heterocycles. The van der Waals surface area contributed by atoms with Crippen LogP contribution in [0.15, 0.2) is 23.0 Å². The molecule has 3 atom stereocenters. The minimum absolute atomic E-state index is 0.0437. The van der Waals surface area contributed by atoms with Crippen molar-refractivity contribution < 1.29 is 4.74 Å². The van der Waals surface area contributed by atoms with Gasteiger partial charge in [0, 0.05) is 12.0 Å². The number of fused-ring (bicyclic) bond motifs is 1. The number of H-pyrrole nitrogens is 2. The molecule has 1 aliphatic heterocycles. The molecule has 4 N–H and O–H groups in total. The fourth-order valence-electron chi connectivity index (χ4n) is 2.63. The second kappa shape index (κ2) is 4.26. The molecule has 2 heterocycles. The highest BCUT2D eigenvalue weighted by atomic mass is 16.5. The number of nitrogens with one attached hydrogen (secondary N) is 2. The van der Waals surface area contributed by atoms with E-state index in [1.165, 1.54) is 0 Å². The number of aromatic nitrogens is 2. The Morgan fingerprint density at radius 2 is 2.17 bits per heavy atom. The highest BCUT2D eigenvalue weighted by Gasteiger charge is 2.28. The normalized spacial score (nSPS) is 25.7. The number of hydrogen-bond acceptors (Lipinski definition) is 3. The Kier molecular flexibility index (Phi) is 2.72. The maximum Gasteiger partial charge on any atom is 0.323 e. The Morgan fingerprint density at radius 1 is 1.39 bits per heavy atom. The fraction of sp³-hybridized carbons (Fsp3) is 0.462. The number of aromatic amines is 2. The first-order valence-electron chi connectivity index (χ1n) is 6.22. The van der Waals surface area contributed by atoms with E-state index in [-0.39, 0.29) is 17.8 Å². The zero-order valence-electron chi connectivity index (χ0n) is 10.3. The number of benzene rings is 1. The Labute approximate surface area is 104 Å². The van der Waals surface area contributed by atoms with Gasteiger partial charge in [0.2, 0.25) is 0 Å². The molecule has 1 saturated heterocycles. The van der Waals surface area contributed by atoms with Gasteiger partial charge in [0.1, 0.15) is 0 Å². The quantitative estimate of drug-likeness (QED) is 0.747. The van der Waals surface area contributed by atoms with E-state index in [1.807, 2.05) is 18.2 Å². The third kappa shape index (κ3) is 1.95. The highest BCUT2D eigenvalue weighted by molar-refractivity contribution is 5.75. The molecule has 96 valence electrons. The van der Waals surface area contributed by atoms with Crippen molar-refractivity contribution in [3.05, 3.63) is 34.2 Å².